The molecular weight excluding hydrogens is 224 g/mol. The van der Waals surface area contributed by atoms with E-state index in [1.165, 1.54) is 12.8 Å². The van der Waals surface area contributed by atoms with E-state index >= 15 is 0 Å². The van der Waals surface area contributed by atoms with Crippen molar-refractivity contribution in [2.24, 2.45) is 0 Å². The zero-order valence-electron chi connectivity index (χ0n) is 12.3. The standard InChI is InChI=1S/C15H28N2O/c1-5-7-10-17(6-2)12-15-9-8-14(18-15)11-16-13(3)4/h8-9,13,16H,5-7,10-12H2,1-4H3. The molecule has 3 heteroatoms. The monoisotopic (exact) mass is 252 g/mol. The van der Waals surface area contributed by atoms with Crippen molar-refractivity contribution in [2.75, 3.05) is 13.1 Å². The average molecular weight is 252 g/mol. The molecule has 0 aliphatic heterocycles. The van der Waals surface area contributed by atoms with Crippen LogP contribution in [-0.2, 0) is 13.1 Å². The van der Waals surface area contributed by atoms with E-state index in [1.807, 2.05) is 0 Å². The molecule has 0 fully saturated rings. The molecule has 0 bridgehead atoms. The first-order valence-corrected chi connectivity index (χ1v) is 7.19. The zero-order chi connectivity index (χ0) is 13.4. The topological polar surface area (TPSA) is 28.4 Å². The second kappa shape index (κ2) is 8.33. The van der Waals surface area contributed by atoms with E-state index in [4.69, 9.17) is 4.42 Å². The molecule has 0 saturated carbocycles. The van der Waals surface area contributed by atoms with Crippen LogP contribution in [0.3, 0.4) is 0 Å². The first kappa shape index (κ1) is 15.3. The van der Waals surface area contributed by atoms with Crippen LogP contribution in [0.25, 0.3) is 0 Å². The predicted molar refractivity (Wildman–Crippen MR) is 76.5 cm³/mol. The summed E-state index contributed by atoms with van der Waals surface area (Å²) in [5.74, 6) is 2.11. The zero-order valence-corrected chi connectivity index (χ0v) is 12.3. The van der Waals surface area contributed by atoms with Crippen molar-refractivity contribution in [1.82, 2.24) is 10.2 Å². The maximum absolute atomic E-state index is 5.84. The van der Waals surface area contributed by atoms with Crippen molar-refractivity contribution >= 4 is 0 Å². The van der Waals surface area contributed by atoms with Gasteiger partial charge in [0.15, 0.2) is 0 Å². The van der Waals surface area contributed by atoms with Crippen molar-refractivity contribution in [1.29, 1.82) is 0 Å². The van der Waals surface area contributed by atoms with Gasteiger partial charge in [-0.05, 0) is 31.6 Å². The lowest BCUT2D eigenvalue weighted by Crippen LogP contribution is -2.23. The fourth-order valence-corrected chi connectivity index (χ4v) is 1.86. The molecular formula is C15H28N2O. The Bertz CT molecular complexity index is 320. The third kappa shape index (κ3) is 5.69. The summed E-state index contributed by atoms with van der Waals surface area (Å²) in [4.78, 5) is 2.43. The molecule has 0 unspecified atom stereocenters. The average Bonchev–Trinajstić information content (AvgIpc) is 2.79. The van der Waals surface area contributed by atoms with Gasteiger partial charge in [0.2, 0.25) is 0 Å². The van der Waals surface area contributed by atoms with E-state index in [2.05, 4.69) is 50.0 Å². The molecule has 0 aromatic carbocycles. The van der Waals surface area contributed by atoms with E-state index in [1.54, 1.807) is 0 Å². The van der Waals surface area contributed by atoms with Crippen molar-refractivity contribution in [2.45, 2.75) is 59.7 Å². The maximum atomic E-state index is 5.84. The molecule has 0 atom stereocenters. The van der Waals surface area contributed by atoms with E-state index in [9.17, 15) is 0 Å². The molecule has 0 aliphatic carbocycles. The van der Waals surface area contributed by atoms with Crippen LogP contribution in [0.1, 0.15) is 52.1 Å². The van der Waals surface area contributed by atoms with Crippen LogP contribution in [0.2, 0.25) is 0 Å². The van der Waals surface area contributed by atoms with Gasteiger partial charge in [-0.1, -0.05) is 34.1 Å². The Kier molecular flexibility index (Phi) is 7.06. The maximum Gasteiger partial charge on any atom is 0.118 e. The summed E-state index contributed by atoms with van der Waals surface area (Å²) in [7, 11) is 0. The molecule has 0 saturated heterocycles. The van der Waals surface area contributed by atoms with Crippen LogP contribution in [0.4, 0.5) is 0 Å². The molecule has 1 heterocycles. The molecule has 1 aromatic rings. The summed E-state index contributed by atoms with van der Waals surface area (Å²) in [6.07, 6.45) is 2.51. The van der Waals surface area contributed by atoms with E-state index in [-0.39, 0.29) is 0 Å². The van der Waals surface area contributed by atoms with Gasteiger partial charge in [-0.25, -0.2) is 0 Å². The SMILES string of the molecule is CCCCN(CC)Cc1ccc(CNC(C)C)o1. The summed E-state index contributed by atoms with van der Waals surface area (Å²) in [5, 5.41) is 3.37. The third-order valence-electron chi connectivity index (χ3n) is 3.06. The van der Waals surface area contributed by atoms with Gasteiger partial charge in [0.05, 0.1) is 13.1 Å². The number of furan rings is 1. The molecule has 1 rings (SSSR count). The molecule has 0 spiro atoms. The molecule has 0 aliphatic rings. The Morgan fingerprint density at radius 3 is 2.56 bits per heavy atom. The summed E-state index contributed by atoms with van der Waals surface area (Å²) < 4.78 is 5.84. The first-order chi connectivity index (χ1) is 8.65. The van der Waals surface area contributed by atoms with Crippen LogP contribution in [-0.4, -0.2) is 24.0 Å². The largest absolute Gasteiger partial charge is 0.463 e. The number of hydrogen-bond donors (Lipinski definition) is 1. The minimum Gasteiger partial charge on any atom is -0.463 e. The number of nitrogens with zero attached hydrogens (tertiary/aromatic N) is 1. The molecule has 0 radical (unpaired) electrons. The van der Waals surface area contributed by atoms with Crippen molar-refractivity contribution < 1.29 is 4.42 Å². The highest BCUT2D eigenvalue weighted by Gasteiger charge is 2.07. The lowest BCUT2D eigenvalue weighted by molar-refractivity contribution is 0.248. The Labute approximate surface area is 112 Å². The number of nitrogens with one attached hydrogen (secondary N) is 1. The second-order valence-corrected chi connectivity index (χ2v) is 5.13. The van der Waals surface area contributed by atoms with E-state index < -0.39 is 0 Å². The van der Waals surface area contributed by atoms with Crippen molar-refractivity contribution in [3.8, 4) is 0 Å². The highest BCUT2D eigenvalue weighted by Crippen LogP contribution is 2.11. The van der Waals surface area contributed by atoms with Gasteiger partial charge in [0.1, 0.15) is 11.5 Å². The Hall–Kier alpha value is -0.800. The predicted octanol–water partition coefficient (Wildman–Crippen LogP) is 3.40. The quantitative estimate of drug-likeness (QED) is 0.730. The molecule has 0 amide bonds. The fourth-order valence-electron chi connectivity index (χ4n) is 1.86. The smallest absolute Gasteiger partial charge is 0.118 e. The summed E-state index contributed by atoms with van der Waals surface area (Å²) >= 11 is 0. The van der Waals surface area contributed by atoms with Crippen LogP contribution < -0.4 is 5.32 Å². The Morgan fingerprint density at radius 2 is 1.94 bits per heavy atom. The highest BCUT2D eigenvalue weighted by atomic mass is 16.3. The van der Waals surface area contributed by atoms with E-state index in [0.29, 0.717) is 6.04 Å². The van der Waals surface area contributed by atoms with Crippen LogP contribution >= 0.6 is 0 Å². The normalized spacial score (nSPS) is 11.7. The Balaban J connectivity index is 2.41. The van der Waals surface area contributed by atoms with Gasteiger partial charge in [-0.3, -0.25) is 4.90 Å². The van der Waals surface area contributed by atoms with Gasteiger partial charge < -0.3 is 9.73 Å². The molecule has 1 N–H and O–H groups in total. The summed E-state index contributed by atoms with van der Waals surface area (Å²) in [6, 6.07) is 4.68. The number of unbranched alkanes of at least 4 members (excludes halogenated alkanes) is 1. The van der Waals surface area contributed by atoms with Crippen molar-refractivity contribution in [3.63, 3.8) is 0 Å². The van der Waals surface area contributed by atoms with Crippen LogP contribution in [0.15, 0.2) is 16.5 Å². The van der Waals surface area contributed by atoms with Crippen molar-refractivity contribution in [3.05, 3.63) is 23.7 Å². The van der Waals surface area contributed by atoms with Gasteiger partial charge in [-0.2, -0.15) is 0 Å². The fraction of sp³-hybridized carbons (Fsp3) is 0.733. The summed E-state index contributed by atoms with van der Waals surface area (Å²) in [5.41, 5.74) is 0. The number of hydrogen-bond acceptors (Lipinski definition) is 3. The number of rotatable bonds is 9. The Morgan fingerprint density at radius 1 is 1.22 bits per heavy atom. The van der Waals surface area contributed by atoms with Crippen LogP contribution in [0, 0.1) is 0 Å². The van der Waals surface area contributed by atoms with Gasteiger partial charge >= 0.3 is 0 Å². The van der Waals surface area contributed by atoms with E-state index in [0.717, 1.165) is 37.7 Å². The molecule has 18 heavy (non-hydrogen) atoms. The lowest BCUT2D eigenvalue weighted by atomic mass is 10.3. The van der Waals surface area contributed by atoms with Gasteiger partial charge in [0, 0.05) is 6.04 Å². The van der Waals surface area contributed by atoms with Crippen LogP contribution in [0.5, 0.6) is 0 Å². The minimum atomic E-state index is 0.496. The van der Waals surface area contributed by atoms with Gasteiger partial charge in [0.25, 0.3) is 0 Å². The second-order valence-electron chi connectivity index (χ2n) is 5.13. The lowest BCUT2D eigenvalue weighted by Gasteiger charge is -2.18. The molecule has 3 nitrogen and oxygen atoms in total. The third-order valence-corrected chi connectivity index (χ3v) is 3.06. The minimum absolute atomic E-state index is 0.496. The molecule has 104 valence electrons. The highest BCUT2D eigenvalue weighted by molar-refractivity contribution is 5.07. The van der Waals surface area contributed by atoms with Gasteiger partial charge in [-0.15, -0.1) is 0 Å². The summed E-state index contributed by atoms with van der Waals surface area (Å²) in [6.45, 7) is 12.7. The molecule has 1 aromatic heterocycles. The first-order valence-electron chi connectivity index (χ1n) is 7.19.